The molecule has 2 aromatic heterocycles. The molecule has 2 heterocycles. The van der Waals surface area contributed by atoms with E-state index in [9.17, 15) is 0 Å². The third-order valence-electron chi connectivity index (χ3n) is 3.66. The molecule has 0 fully saturated rings. The van der Waals surface area contributed by atoms with Crippen LogP contribution in [0.2, 0.25) is 10.0 Å². The largest absolute Gasteiger partial charge is 0.434 e. The van der Waals surface area contributed by atoms with Gasteiger partial charge in [0.05, 0.1) is 21.8 Å². The minimum Gasteiger partial charge on any atom is -0.434 e. The molecule has 0 N–H and O–H groups in total. The summed E-state index contributed by atoms with van der Waals surface area (Å²) in [5.74, 6) is 1.09. The molecule has 0 atom stereocenters. The van der Waals surface area contributed by atoms with E-state index < -0.39 is 0 Å². The topological polar surface area (TPSA) is 43.9 Å². The number of aryl methyl sites for hydroxylation is 1. The first-order valence-corrected chi connectivity index (χ1v) is 7.72. The molecule has 0 aliphatic rings. The number of nitrogens with zero attached hydrogens (tertiary/aromatic N) is 3. The third-order valence-corrected chi connectivity index (χ3v) is 4.40. The van der Waals surface area contributed by atoms with Crippen LogP contribution >= 0.6 is 23.2 Å². The van der Waals surface area contributed by atoms with E-state index in [-0.39, 0.29) is 0 Å². The van der Waals surface area contributed by atoms with Crippen LogP contribution in [0.3, 0.4) is 0 Å². The summed E-state index contributed by atoms with van der Waals surface area (Å²) in [6.07, 6.45) is 1.67. The normalized spacial score (nSPS) is 11.3. The van der Waals surface area contributed by atoms with E-state index in [2.05, 4.69) is 10.1 Å². The molecule has 0 amide bonds. The Kier molecular flexibility index (Phi) is 3.36. The zero-order valence-corrected chi connectivity index (χ0v) is 13.6. The Bertz CT molecular complexity index is 1020. The number of benzene rings is 2. The highest BCUT2D eigenvalue weighted by atomic mass is 35.5. The highest BCUT2D eigenvalue weighted by Gasteiger charge is 2.16. The third kappa shape index (κ3) is 2.40. The molecule has 6 heteroatoms. The predicted molar refractivity (Wildman–Crippen MR) is 91.7 cm³/mol. The molecule has 4 aromatic rings. The lowest BCUT2D eigenvalue weighted by molar-refractivity contribution is 0.585. The van der Waals surface area contributed by atoms with Crippen LogP contribution in [-0.2, 0) is 7.05 Å². The number of halogens is 2. The molecule has 0 bridgehead atoms. The van der Waals surface area contributed by atoms with E-state index in [1.807, 2.05) is 42.1 Å². The fraction of sp³-hybridized carbons (Fsp3) is 0.0588. The number of para-hydroxylation sites is 1. The highest BCUT2D eigenvalue weighted by Crippen LogP contribution is 2.32. The van der Waals surface area contributed by atoms with Gasteiger partial charge in [-0.2, -0.15) is 5.10 Å². The van der Waals surface area contributed by atoms with Crippen molar-refractivity contribution >= 4 is 34.1 Å². The molecular formula is C17H11Cl2N3O. The van der Waals surface area contributed by atoms with Crippen molar-refractivity contribution < 1.29 is 4.42 Å². The van der Waals surface area contributed by atoms with Crippen molar-refractivity contribution in [1.82, 2.24) is 14.8 Å². The Morgan fingerprint density at radius 3 is 2.70 bits per heavy atom. The maximum atomic E-state index is 6.05. The number of rotatable bonds is 2. The molecule has 0 aliphatic heterocycles. The van der Waals surface area contributed by atoms with E-state index in [0.29, 0.717) is 21.7 Å². The van der Waals surface area contributed by atoms with Gasteiger partial charge >= 0.3 is 0 Å². The zero-order valence-electron chi connectivity index (χ0n) is 12.1. The van der Waals surface area contributed by atoms with E-state index in [4.69, 9.17) is 27.6 Å². The molecule has 0 saturated carbocycles. The Morgan fingerprint density at radius 1 is 1.04 bits per heavy atom. The van der Waals surface area contributed by atoms with Gasteiger partial charge in [-0.15, -0.1) is 0 Å². The molecule has 0 aliphatic carbocycles. The van der Waals surface area contributed by atoms with Crippen LogP contribution < -0.4 is 0 Å². The van der Waals surface area contributed by atoms with Crippen LogP contribution in [0.1, 0.15) is 0 Å². The minimum atomic E-state index is 0.465. The molecule has 0 unspecified atom stereocenters. The van der Waals surface area contributed by atoms with Crippen molar-refractivity contribution in [1.29, 1.82) is 0 Å². The molecule has 0 radical (unpaired) electrons. The van der Waals surface area contributed by atoms with Gasteiger partial charge in [-0.3, -0.25) is 4.68 Å². The van der Waals surface area contributed by atoms with Crippen LogP contribution in [0, 0.1) is 0 Å². The standard InChI is InChI=1S/C17H11Cl2N3O/c1-22-14-5-3-2-4-11(14)16(21-22)15-9-20-17(23-15)10-6-7-12(18)13(19)8-10/h2-9H,1H3. The first-order chi connectivity index (χ1) is 11.1. The first-order valence-electron chi connectivity index (χ1n) is 6.97. The van der Waals surface area contributed by atoms with E-state index >= 15 is 0 Å². The van der Waals surface area contributed by atoms with Crippen LogP contribution in [0.15, 0.2) is 53.1 Å². The van der Waals surface area contributed by atoms with Crippen LogP contribution in [0.4, 0.5) is 0 Å². The summed E-state index contributed by atoms with van der Waals surface area (Å²) in [5, 5.41) is 6.52. The molecule has 4 rings (SSSR count). The second-order valence-electron chi connectivity index (χ2n) is 5.15. The van der Waals surface area contributed by atoms with Crippen molar-refractivity contribution in [3.63, 3.8) is 0 Å². The summed E-state index contributed by atoms with van der Waals surface area (Å²) < 4.78 is 7.71. The van der Waals surface area contributed by atoms with Crippen LogP contribution in [-0.4, -0.2) is 14.8 Å². The van der Waals surface area contributed by atoms with Gasteiger partial charge in [0.15, 0.2) is 5.76 Å². The molecule has 23 heavy (non-hydrogen) atoms. The number of hydrogen-bond donors (Lipinski definition) is 0. The van der Waals surface area contributed by atoms with E-state index in [0.717, 1.165) is 22.2 Å². The van der Waals surface area contributed by atoms with Gasteiger partial charge in [-0.1, -0.05) is 41.4 Å². The van der Waals surface area contributed by atoms with Gasteiger partial charge in [0, 0.05) is 18.0 Å². The summed E-state index contributed by atoms with van der Waals surface area (Å²) in [4.78, 5) is 4.33. The molecule has 114 valence electrons. The first kappa shape index (κ1) is 14.3. The summed E-state index contributed by atoms with van der Waals surface area (Å²) in [7, 11) is 1.90. The quantitative estimate of drug-likeness (QED) is 0.502. The van der Waals surface area contributed by atoms with E-state index in [1.54, 1.807) is 18.3 Å². The molecule has 0 spiro atoms. The summed E-state index contributed by atoms with van der Waals surface area (Å²) in [6, 6.07) is 13.3. The lowest BCUT2D eigenvalue weighted by atomic mass is 10.2. The lowest BCUT2D eigenvalue weighted by Gasteiger charge is -1.98. The number of fused-ring (bicyclic) bond motifs is 1. The predicted octanol–water partition coefficient (Wildman–Crippen LogP) is 5.20. The van der Waals surface area contributed by atoms with Crippen molar-refractivity contribution in [2.24, 2.45) is 7.05 Å². The zero-order chi connectivity index (χ0) is 16.0. The Hall–Kier alpha value is -2.30. The summed E-state index contributed by atoms with van der Waals surface area (Å²) in [5.41, 5.74) is 2.57. The lowest BCUT2D eigenvalue weighted by Crippen LogP contribution is -1.88. The van der Waals surface area contributed by atoms with Gasteiger partial charge in [0.25, 0.3) is 0 Å². The maximum Gasteiger partial charge on any atom is 0.226 e. The van der Waals surface area contributed by atoms with Gasteiger partial charge in [-0.25, -0.2) is 4.98 Å². The Morgan fingerprint density at radius 2 is 1.87 bits per heavy atom. The Balaban J connectivity index is 1.82. The summed E-state index contributed by atoms with van der Waals surface area (Å²) in [6.45, 7) is 0. The molecular weight excluding hydrogens is 333 g/mol. The second-order valence-corrected chi connectivity index (χ2v) is 5.96. The SMILES string of the molecule is Cn1nc(-c2cnc(-c3ccc(Cl)c(Cl)c3)o2)c2ccccc21. The van der Waals surface area contributed by atoms with Crippen molar-refractivity contribution in [3.8, 4) is 22.9 Å². The summed E-state index contributed by atoms with van der Waals surface area (Å²) >= 11 is 12.0. The van der Waals surface area contributed by atoms with Crippen molar-refractivity contribution in [2.45, 2.75) is 0 Å². The van der Waals surface area contributed by atoms with Crippen molar-refractivity contribution in [2.75, 3.05) is 0 Å². The second kappa shape index (κ2) is 5.41. The fourth-order valence-electron chi connectivity index (χ4n) is 2.54. The highest BCUT2D eigenvalue weighted by molar-refractivity contribution is 6.42. The number of hydrogen-bond acceptors (Lipinski definition) is 3. The van der Waals surface area contributed by atoms with Gasteiger partial charge < -0.3 is 4.42 Å². The molecule has 4 nitrogen and oxygen atoms in total. The van der Waals surface area contributed by atoms with Gasteiger partial charge in [0.2, 0.25) is 5.89 Å². The van der Waals surface area contributed by atoms with Crippen molar-refractivity contribution in [3.05, 3.63) is 58.7 Å². The van der Waals surface area contributed by atoms with Gasteiger partial charge in [-0.05, 0) is 24.3 Å². The average molecular weight is 344 g/mol. The number of aromatic nitrogens is 3. The maximum absolute atomic E-state index is 6.05. The monoisotopic (exact) mass is 343 g/mol. The van der Waals surface area contributed by atoms with Crippen LogP contribution in [0.5, 0.6) is 0 Å². The average Bonchev–Trinajstić information content (AvgIpc) is 3.16. The number of oxazole rings is 1. The van der Waals surface area contributed by atoms with E-state index in [1.165, 1.54) is 0 Å². The van der Waals surface area contributed by atoms with Gasteiger partial charge in [0.1, 0.15) is 5.69 Å². The minimum absolute atomic E-state index is 0.465. The molecule has 0 saturated heterocycles. The smallest absolute Gasteiger partial charge is 0.226 e. The molecule has 2 aromatic carbocycles. The Labute approximate surface area is 142 Å². The van der Waals surface area contributed by atoms with Crippen LogP contribution in [0.25, 0.3) is 33.8 Å². The fourth-order valence-corrected chi connectivity index (χ4v) is 2.84.